The summed E-state index contributed by atoms with van der Waals surface area (Å²) in [5.74, 6) is 0.452. The Kier molecular flexibility index (Phi) is 10.4. The van der Waals surface area contributed by atoms with Gasteiger partial charge in [0.1, 0.15) is 19.0 Å². The van der Waals surface area contributed by atoms with E-state index in [2.05, 4.69) is 92.9 Å². The van der Waals surface area contributed by atoms with Crippen LogP contribution in [0, 0.1) is 6.92 Å². The van der Waals surface area contributed by atoms with Gasteiger partial charge in [0.15, 0.2) is 0 Å². The minimum atomic E-state index is -0.389. The van der Waals surface area contributed by atoms with Crippen LogP contribution in [0.2, 0.25) is 0 Å². The highest BCUT2D eigenvalue weighted by Gasteiger charge is 2.09. The molecular formula is C29H35NO3. The molecule has 0 heterocycles. The summed E-state index contributed by atoms with van der Waals surface area (Å²) in [5, 5.41) is 0. The van der Waals surface area contributed by atoms with Gasteiger partial charge in [0.25, 0.3) is 0 Å². The zero-order valence-electron chi connectivity index (χ0n) is 20.2. The van der Waals surface area contributed by atoms with Gasteiger partial charge in [-0.3, -0.25) is 0 Å². The molecule has 0 saturated heterocycles. The van der Waals surface area contributed by atoms with Crippen molar-refractivity contribution < 1.29 is 14.3 Å². The molecule has 0 aliphatic rings. The number of carbonyl (C=O) groups excluding carboxylic acids is 1. The molecule has 4 heteroatoms. The van der Waals surface area contributed by atoms with Crippen LogP contribution >= 0.6 is 0 Å². The maximum absolute atomic E-state index is 11.5. The number of carbonyl (C=O) groups is 1. The number of hydrogen-bond donors (Lipinski definition) is 1. The van der Waals surface area contributed by atoms with Crippen molar-refractivity contribution in [1.82, 2.24) is 0 Å². The molecule has 0 atom stereocenters. The molecule has 0 spiro atoms. The number of ether oxygens (including phenoxy) is 2. The van der Waals surface area contributed by atoms with Crippen LogP contribution in [0.4, 0.5) is 0 Å². The molecule has 33 heavy (non-hydrogen) atoms. The average molecular weight is 446 g/mol. The van der Waals surface area contributed by atoms with E-state index >= 15 is 0 Å². The maximum atomic E-state index is 11.5. The summed E-state index contributed by atoms with van der Waals surface area (Å²) in [6.45, 7) is 9.98. The first kappa shape index (κ1) is 25.9. The number of hydrogen-bond acceptors (Lipinski definition) is 4. The number of aryl methyl sites for hydroxylation is 2. The predicted molar refractivity (Wildman–Crippen MR) is 137 cm³/mol. The molecule has 0 aliphatic heterocycles. The Morgan fingerprint density at radius 1 is 0.848 bits per heavy atom. The zero-order valence-corrected chi connectivity index (χ0v) is 20.2. The fourth-order valence-electron chi connectivity index (χ4n) is 3.35. The molecular weight excluding hydrogens is 410 g/mol. The molecule has 0 aromatic heterocycles. The number of nitrogens with two attached hydrogens (primary N) is 1. The third kappa shape index (κ3) is 7.62. The molecule has 0 bridgehead atoms. The van der Waals surface area contributed by atoms with E-state index in [1.165, 1.54) is 23.7 Å². The van der Waals surface area contributed by atoms with Gasteiger partial charge in [0.05, 0.1) is 0 Å². The summed E-state index contributed by atoms with van der Waals surface area (Å²) in [7, 11) is 1.50. The van der Waals surface area contributed by atoms with E-state index in [-0.39, 0.29) is 12.6 Å². The fourth-order valence-corrected chi connectivity index (χ4v) is 3.35. The highest BCUT2D eigenvalue weighted by molar-refractivity contribution is 5.86. The van der Waals surface area contributed by atoms with Crippen molar-refractivity contribution in [1.29, 1.82) is 0 Å². The fraction of sp³-hybridized carbons (Fsp3) is 0.276. The number of rotatable bonds is 9. The van der Waals surface area contributed by atoms with E-state index < -0.39 is 0 Å². The second-order valence-corrected chi connectivity index (χ2v) is 7.78. The summed E-state index contributed by atoms with van der Waals surface area (Å²) in [4.78, 5) is 11.5. The van der Waals surface area contributed by atoms with Gasteiger partial charge in [-0.2, -0.15) is 0 Å². The second-order valence-electron chi connectivity index (χ2n) is 7.78. The molecule has 0 saturated carbocycles. The summed E-state index contributed by atoms with van der Waals surface area (Å²) in [6.07, 6.45) is 1.97. The first-order valence-corrected chi connectivity index (χ1v) is 11.3. The van der Waals surface area contributed by atoms with E-state index in [0.717, 1.165) is 35.3 Å². The summed E-state index contributed by atoms with van der Waals surface area (Å²) < 4.78 is 11.1. The molecule has 0 unspecified atom stereocenters. The van der Waals surface area contributed by atoms with Crippen LogP contribution in [-0.2, 0) is 16.0 Å². The van der Waals surface area contributed by atoms with Gasteiger partial charge in [-0.05, 0) is 61.2 Å². The molecule has 3 rings (SSSR count). The van der Waals surface area contributed by atoms with Crippen molar-refractivity contribution in [3.63, 3.8) is 0 Å². The van der Waals surface area contributed by atoms with Crippen LogP contribution < -0.4 is 10.5 Å². The third-order valence-corrected chi connectivity index (χ3v) is 5.11. The third-order valence-electron chi connectivity index (χ3n) is 5.11. The van der Waals surface area contributed by atoms with Crippen LogP contribution in [0.15, 0.2) is 78.9 Å². The van der Waals surface area contributed by atoms with Gasteiger partial charge in [0.2, 0.25) is 0 Å². The van der Waals surface area contributed by atoms with Gasteiger partial charge < -0.3 is 15.2 Å². The number of benzene rings is 3. The normalized spacial score (nSPS) is 10.1. The van der Waals surface area contributed by atoms with E-state index in [9.17, 15) is 4.79 Å². The van der Waals surface area contributed by atoms with E-state index in [4.69, 9.17) is 9.47 Å². The van der Waals surface area contributed by atoms with Gasteiger partial charge in [-0.1, -0.05) is 86.2 Å². The van der Waals surface area contributed by atoms with Crippen LogP contribution in [-0.4, -0.2) is 26.2 Å². The molecule has 174 valence electrons. The van der Waals surface area contributed by atoms with Gasteiger partial charge in [-0.25, -0.2) is 4.79 Å². The molecule has 0 fully saturated rings. The average Bonchev–Trinajstić information content (AvgIpc) is 2.84. The first-order valence-electron chi connectivity index (χ1n) is 11.3. The Labute approximate surface area is 198 Å². The lowest BCUT2D eigenvalue weighted by Crippen LogP contribution is -2.13. The highest BCUT2D eigenvalue weighted by atomic mass is 16.6. The molecule has 3 aromatic carbocycles. The maximum Gasteiger partial charge on any atom is 0.333 e. The number of esters is 1. The van der Waals surface area contributed by atoms with Crippen molar-refractivity contribution in [2.45, 2.75) is 33.6 Å². The van der Waals surface area contributed by atoms with Gasteiger partial charge in [-0.15, -0.1) is 0 Å². The molecule has 0 amide bonds. The van der Waals surface area contributed by atoms with Crippen molar-refractivity contribution in [3.05, 3.63) is 90.0 Å². The predicted octanol–water partition coefficient (Wildman–Crippen LogP) is 6.35. The molecule has 0 aliphatic carbocycles. The minimum Gasteiger partial charge on any atom is -0.490 e. The Hall–Kier alpha value is -3.37. The van der Waals surface area contributed by atoms with Crippen molar-refractivity contribution in [3.8, 4) is 28.0 Å². The highest BCUT2D eigenvalue weighted by Crippen LogP contribution is 2.30. The lowest BCUT2D eigenvalue weighted by molar-refractivity contribution is -0.139. The second kappa shape index (κ2) is 13.2. The van der Waals surface area contributed by atoms with Gasteiger partial charge >= 0.3 is 5.97 Å². The standard InChI is InChI=1S/C28H30O3.CH5N/c1-5-6-25-15-16-26(19-27(25)30-17-18-31-28(29)20(2)3)24-13-11-23(12-14-24)22-9-7-21(4)8-10-22;1-2/h7-16,19H,2,5-6,17-18H2,1,3-4H3;2H2,1H3. The van der Waals surface area contributed by atoms with E-state index in [1.54, 1.807) is 6.92 Å². The monoisotopic (exact) mass is 445 g/mol. The topological polar surface area (TPSA) is 61.5 Å². The van der Waals surface area contributed by atoms with E-state index in [1.807, 2.05) is 0 Å². The van der Waals surface area contributed by atoms with Crippen LogP contribution in [0.25, 0.3) is 22.3 Å². The van der Waals surface area contributed by atoms with Crippen LogP contribution in [0.1, 0.15) is 31.4 Å². The minimum absolute atomic E-state index is 0.201. The SMILES string of the molecule is C=C(C)C(=O)OCCOc1cc(-c2ccc(-c3ccc(C)cc3)cc2)ccc1CCC.CN. The van der Waals surface area contributed by atoms with Gasteiger partial charge in [0, 0.05) is 5.57 Å². The van der Waals surface area contributed by atoms with E-state index in [0.29, 0.717) is 12.2 Å². The molecule has 2 N–H and O–H groups in total. The van der Waals surface area contributed by atoms with Crippen LogP contribution in [0.5, 0.6) is 5.75 Å². The first-order chi connectivity index (χ1) is 16.0. The Morgan fingerprint density at radius 3 is 1.91 bits per heavy atom. The largest absolute Gasteiger partial charge is 0.490 e. The molecule has 3 aromatic rings. The van der Waals surface area contributed by atoms with Crippen LogP contribution in [0.3, 0.4) is 0 Å². The van der Waals surface area contributed by atoms with Crippen molar-refractivity contribution in [2.24, 2.45) is 5.73 Å². The quantitative estimate of drug-likeness (QED) is 0.237. The Balaban J connectivity index is 0.00000187. The van der Waals surface area contributed by atoms with Crippen molar-refractivity contribution in [2.75, 3.05) is 20.3 Å². The lowest BCUT2D eigenvalue weighted by Gasteiger charge is -2.14. The van der Waals surface area contributed by atoms with Crippen molar-refractivity contribution >= 4 is 5.97 Å². The summed E-state index contributed by atoms with van der Waals surface area (Å²) >= 11 is 0. The molecule has 4 nitrogen and oxygen atoms in total. The lowest BCUT2D eigenvalue weighted by atomic mass is 9.98. The Bertz CT molecular complexity index is 1040. The zero-order chi connectivity index (χ0) is 24.2. The summed E-state index contributed by atoms with van der Waals surface area (Å²) in [6, 6.07) is 23.5. The molecule has 0 radical (unpaired) electrons. The smallest absolute Gasteiger partial charge is 0.333 e. The Morgan fingerprint density at radius 2 is 1.36 bits per heavy atom. The summed E-state index contributed by atoms with van der Waals surface area (Å²) in [5.41, 5.74) is 12.0.